The molecule has 0 aliphatic carbocycles. The standard InChI is InChI=1S/C12H12Cl2O3/c13-8-5-9-7(4-11(15)16)2-1-3-17-12(9)10(14)6-8/h5-7H,1-4H2,(H,15,16). The van der Waals surface area contributed by atoms with Crippen molar-refractivity contribution >= 4 is 29.2 Å². The maximum Gasteiger partial charge on any atom is 0.303 e. The second-order valence-corrected chi connectivity index (χ2v) is 4.94. The van der Waals surface area contributed by atoms with Crippen LogP contribution in [-0.2, 0) is 4.79 Å². The average Bonchev–Trinajstić information content (AvgIpc) is 2.41. The van der Waals surface area contributed by atoms with E-state index in [0.717, 1.165) is 18.4 Å². The smallest absolute Gasteiger partial charge is 0.303 e. The topological polar surface area (TPSA) is 46.5 Å². The van der Waals surface area contributed by atoms with Gasteiger partial charge in [0.1, 0.15) is 5.75 Å². The maximum absolute atomic E-state index is 10.9. The highest BCUT2D eigenvalue weighted by Crippen LogP contribution is 2.41. The van der Waals surface area contributed by atoms with Gasteiger partial charge in [-0.05, 0) is 30.9 Å². The van der Waals surface area contributed by atoms with Gasteiger partial charge in [0, 0.05) is 10.6 Å². The van der Waals surface area contributed by atoms with Crippen LogP contribution in [0.25, 0.3) is 0 Å². The van der Waals surface area contributed by atoms with E-state index in [2.05, 4.69) is 0 Å². The first kappa shape index (κ1) is 12.5. The molecule has 92 valence electrons. The molecule has 0 saturated carbocycles. The van der Waals surface area contributed by atoms with Crippen molar-refractivity contribution in [2.45, 2.75) is 25.2 Å². The lowest BCUT2D eigenvalue weighted by molar-refractivity contribution is -0.137. The van der Waals surface area contributed by atoms with E-state index in [4.69, 9.17) is 33.0 Å². The molecule has 1 aliphatic heterocycles. The van der Waals surface area contributed by atoms with Crippen molar-refractivity contribution in [1.29, 1.82) is 0 Å². The number of benzene rings is 1. The van der Waals surface area contributed by atoms with Crippen LogP contribution in [-0.4, -0.2) is 17.7 Å². The number of hydrogen-bond acceptors (Lipinski definition) is 2. The predicted octanol–water partition coefficient (Wildman–Crippen LogP) is 3.72. The number of carboxylic acid groups (broad SMARTS) is 1. The van der Waals surface area contributed by atoms with Gasteiger partial charge in [-0.15, -0.1) is 0 Å². The highest BCUT2D eigenvalue weighted by atomic mass is 35.5. The Morgan fingerprint density at radius 3 is 2.94 bits per heavy atom. The van der Waals surface area contributed by atoms with Crippen LogP contribution in [0.3, 0.4) is 0 Å². The number of halogens is 2. The lowest BCUT2D eigenvalue weighted by atomic mass is 9.91. The normalized spacial score (nSPS) is 19.1. The Kier molecular flexibility index (Phi) is 3.79. The van der Waals surface area contributed by atoms with Crippen molar-refractivity contribution in [3.8, 4) is 5.75 Å². The average molecular weight is 275 g/mol. The van der Waals surface area contributed by atoms with E-state index in [9.17, 15) is 4.79 Å². The van der Waals surface area contributed by atoms with Gasteiger partial charge in [0.05, 0.1) is 18.1 Å². The SMILES string of the molecule is O=C(O)CC1CCCOc2c(Cl)cc(Cl)cc21. The summed E-state index contributed by atoms with van der Waals surface area (Å²) in [6.45, 7) is 0.560. The maximum atomic E-state index is 10.9. The summed E-state index contributed by atoms with van der Waals surface area (Å²) in [6.07, 6.45) is 1.67. The fraction of sp³-hybridized carbons (Fsp3) is 0.417. The van der Waals surface area contributed by atoms with E-state index in [0.29, 0.717) is 22.4 Å². The van der Waals surface area contributed by atoms with Gasteiger partial charge in [0.25, 0.3) is 0 Å². The molecule has 1 N–H and O–H groups in total. The minimum atomic E-state index is -0.820. The van der Waals surface area contributed by atoms with Gasteiger partial charge in [0.2, 0.25) is 0 Å². The minimum absolute atomic E-state index is 0.0764. The molecule has 1 aromatic carbocycles. The number of ether oxygens (including phenoxy) is 1. The van der Waals surface area contributed by atoms with Gasteiger partial charge in [0.15, 0.2) is 0 Å². The largest absolute Gasteiger partial charge is 0.492 e. The molecular weight excluding hydrogens is 263 g/mol. The number of aliphatic carboxylic acids is 1. The first-order chi connectivity index (χ1) is 8.08. The zero-order valence-electron chi connectivity index (χ0n) is 9.08. The van der Waals surface area contributed by atoms with Gasteiger partial charge < -0.3 is 9.84 Å². The van der Waals surface area contributed by atoms with E-state index in [1.165, 1.54) is 0 Å². The van der Waals surface area contributed by atoms with Crippen molar-refractivity contribution < 1.29 is 14.6 Å². The molecule has 0 fully saturated rings. The summed E-state index contributed by atoms with van der Waals surface area (Å²) < 4.78 is 5.56. The molecule has 1 aliphatic rings. The molecule has 1 aromatic rings. The lowest BCUT2D eigenvalue weighted by Gasteiger charge is -2.15. The molecule has 1 atom stereocenters. The van der Waals surface area contributed by atoms with E-state index in [1.54, 1.807) is 12.1 Å². The summed E-state index contributed by atoms with van der Waals surface area (Å²) in [5.74, 6) is -0.319. The number of hydrogen-bond donors (Lipinski definition) is 1. The molecule has 0 amide bonds. The molecular formula is C12H12Cl2O3. The van der Waals surface area contributed by atoms with Gasteiger partial charge in [-0.1, -0.05) is 23.2 Å². The van der Waals surface area contributed by atoms with Crippen molar-refractivity contribution in [1.82, 2.24) is 0 Å². The van der Waals surface area contributed by atoms with Crippen LogP contribution >= 0.6 is 23.2 Å². The van der Waals surface area contributed by atoms with Crippen molar-refractivity contribution in [3.63, 3.8) is 0 Å². The quantitative estimate of drug-likeness (QED) is 0.894. The van der Waals surface area contributed by atoms with E-state index in [-0.39, 0.29) is 12.3 Å². The van der Waals surface area contributed by atoms with Crippen molar-refractivity contribution in [2.75, 3.05) is 6.61 Å². The Bertz CT molecular complexity index is 446. The Morgan fingerprint density at radius 1 is 1.47 bits per heavy atom. The molecule has 17 heavy (non-hydrogen) atoms. The number of rotatable bonds is 2. The van der Waals surface area contributed by atoms with Crippen LogP contribution in [0, 0.1) is 0 Å². The first-order valence-electron chi connectivity index (χ1n) is 5.41. The third-order valence-corrected chi connectivity index (χ3v) is 3.34. The number of carbonyl (C=O) groups is 1. The van der Waals surface area contributed by atoms with Crippen LogP contribution in [0.1, 0.15) is 30.7 Å². The third kappa shape index (κ3) is 2.85. The lowest BCUT2D eigenvalue weighted by Crippen LogP contribution is -2.06. The molecule has 1 heterocycles. The summed E-state index contributed by atoms with van der Waals surface area (Å²) in [5, 5.41) is 9.87. The molecule has 0 spiro atoms. The fourth-order valence-corrected chi connectivity index (χ4v) is 2.68. The number of carboxylic acids is 1. The van der Waals surface area contributed by atoms with Gasteiger partial charge in [-0.2, -0.15) is 0 Å². The number of fused-ring (bicyclic) bond motifs is 1. The Balaban J connectivity index is 2.43. The highest BCUT2D eigenvalue weighted by Gasteiger charge is 2.24. The monoisotopic (exact) mass is 274 g/mol. The van der Waals surface area contributed by atoms with Crippen LogP contribution in [0.4, 0.5) is 0 Å². The van der Waals surface area contributed by atoms with E-state index in [1.807, 2.05) is 0 Å². The molecule has 2 rings (SSSR count). The summed E-state index contributed by atoms with van der Waals surface area (Å²) in [5.41, 5.74) is 0.808. The highest BCUT2D eigenvalue weighted by molar-refractivity contribution is 6.35. The van der Waals surface area contributed by atoms with Crippen LogP contribution < -0.4 is 4.74 Å². The van der Waals surface area contributed by atoms with Crippen LogP contribution in [0.2, 0.25) is 10.0 Å². The first-order valence-corrected chi connectivity index (χ1v) is 6.17. The predicted molar refractivity (Wildman–Crippen MR) is 66.2 cm³/mol. The molecule has 1 unspecified atom stereocenters. The molecule has 0 bridgehead atoms. The van der Waals surface area contributed by atoms with E-state index < -0.39 is 5.97 Å². The third-order valence-electron chi connectivity index (χ3n) is 2.84. The van der Waals surface area contributed by atoms with E-state index >= 15 is 0 Å². The van der Waals surface area contributed by atoms with Crippen LogP contribution in [0.15, 0.2) is 12.1 Å². The second-order valence-electron chi connectivity index (χ2n) is 4.09. The minimum Gasteiger partial charge on any atom is -0.492 e. The van der Waals surface area contributed by atoms with Crippen LogP contribution in [0.5, 0.6) is 5.75 Å². The summed E-state index contributed by atoms with van der Waals surface area (Å²) >= 11 is 12.0. The molecule has 5 heteroatoms. The van der Waals surface area contributed by atoms with Crippen molar-refractivity contribution in [3.05, 3.63) is 27.7 Å². The van der Waals surface area contributed by atoms with Gasteiger partial charge in [-0.25, -0.2) is 0 Å². The van der Waals surface area contributed by atoms with Gasteiger partial charge >= 0.3 is 5.97 Å². The zero-order chi connectivity index (χ0) is 12.4. The Labute approximate surface area is 109 Å². The molecule has 0 radical (unpaired) electrons. The Hall–Kier alpha value is -0.930. The second kappa shape index (κ2) is 5.15. The summed E-state index contributed by atoms with van der Waals surface area (Å²) in [6, 6.07) is 3.37. The summed E-state index contributed by atoms with van der Waals surface area (Å²) in [7, 11) is 0. The van der Waals surface area contributed by atoms with Crippen molar-refractivity contribution in [2.24, 2.45) is 0 Å². The molecule has 3 nitrogen and oxygen atoms in total. The Morgan fingerprint density at radius 2 is 2.24 bits per heavy atom. The molecule has 0 saturated heterocycles. The summed E-state index contributed by atoms with van der Waals surface area (Å²) in [4.78, 5) is 10.9. The fourth-order valence-electron chi connectivity index (χ4n) is 2.12. The molecule has 0 aromatic heterocycles. The zero-order valence-corrected chi connectivity index (χ0v) is 10.6. The van der Waals surface area contributed by atoms with Gasteiger partial charge in [-0.3, -0.25) is 4.79 Å².